The van der Waals surface area contributed by atoms with Crippen molar-refractivity contribution in [3.05, 3.63) is 53.1 Å². The van der Waals surface area contributed by atoms with Gasteiger partial charge in [-0.3, -0.25) is 0 Å². The molecule has 0 bridgehead atoms. The van der Waals surface area contributed by atoms with Gasteiger partial charge in [-0.1, -0.05) is 41.9 Å². The maximum Gasteiger partial charge on any atom is 0.416 e. The quantitative estimate of drug-likeness (QED) is 0.812. The van der Waals surface area contributed by atoms with Crippen LogP contribution in [0.4, 0.5) is 18.9 Å². The Kier molecular flexibility index (Phi) is 3.71. The number of benzene rings is 2. The zero-order chi connectivity index (χ0) is 14.0. The Labute approximate surface area is 114 Å². The molecule has 2 aromatic rings. The van der Waals surface area contributed by atoms with Gasteiger partial charge in [0.15, 0.2) is 0 Å². The van der Waals surface area contributed by atoms with E-state index < -0.39 is 11.7 Å². The van der Waals surface area contributed by atoms with Crippen molar-refractivity contribution in [2.75, 3.05) is 12.4 Å². The summed E-state index contributed by atoms with van der Waals surface area (Å²) < 4.78 is 38.5. The smallest absolute Gasteiger partial charge is 0.386 e. The first-order chi connectivity index (χ1) is 8.93. The van der Waals surface area contributed by atoms with E-state index in [1.165, 1.54) is 0 Å². The van der Waals surface area contributed by atoms with Gasteiger partial charge in [-0.25, -0.2) is 0 Å². The zero-order valence-corrected chi connectivity index (χ0v) is 10.8. The molecule has 0 radical (unpaired) electrons. The highest BCUT2D eigenvalue weighted by molar-refractivity contribution is 6.34. The van der Waals surface area contributed by atoms with Crippen LogP contribution in [-0.2, 0) is 6.18 Å². The van der Waals surface area contributed by atoms with Crippen LogP contribution in [-0.4, -0.2) is 7.05 Å². The Morgan fingerprint density at radius 2 is 1.68 bits per heavy atom. The van der Waals surface area contributed by atoms with Crippen molar-refractivity contribution in [2.45, 2.75) is 6.18 Å². The summed E-state index contributed by atoms with van der Waals surface area (Å²) in [4.78, 5) is 0. The molecule has 100 valence electrons. The third kappa shape index (κ3) is 2.84. The predicted octanol–water partition coefficient (Wildman–Crippen LogP) is 5.07. The van der Waals surface area contributed by atoms with Crippen molar-refractivity contribution in [1.82, 2.24) is 0 Å². The molecule has 0 aromatic heterocycles. The van der Waals surface area contributed by atoms with Crippen molar-refractivity contribution < 1.29 is 13.2 Å². The number of nitrogens with one attached hydrogen (secondary N) is 1. The number of rotatable bonds is 2. The van der Waals surface area contributed by atoms with Crippen LogP contribution in [0.2, 0.25) is 5.02 Å². The van der Waals surface area contributed by atoms with Gasteiger partial charge >= 0.3 is 6.18 Å². The van der Waals surface area contributed by atoms with Crippen LogP contribution < -0.4 is 5.32 Å². The van der Waals surface area contributed by atoms with E-state index in [1.54, 1.807) is 37.4 Å². The molecule has 0 aliphatic rings. The molecule has 2 rings (SSSR count). The topological polar surface area (TPSA) is 12.0 Å². The lowest BCUT2D eigenvalue weighted by Crippen LogP contribution is -2.06. The minimum absolute atomic E-state index is 0.0520. The van der Waals surface area contributed by atoms with Gasteiger partial charge in [0.2, 0.25) is 0 Å². The van der Waals surface area contributed by atoms with Crippen molar-refractivity contribution in [1.29, 1.82) is 0 Å². The van der Waals surface area contributed by atoms with E-state index in [0.29, 0.717) is 16.8 Å². The highest BCUT2D eigenvalue weighted by Crippen LogP contribution is 2.40. The fraction of sp³-hybridized carbons (Fsp3) is 0.143. The van der Waals surface area contributed by atoms with Crippen LogP contribution in [0, 0.1) is 0 Å². The maximum absolute atomic E-state index is 12.8. The van der Waals surface area contributed by atoms with Gasteiger partial charge < -0.3 is 5.32 Å². The Morgan fingerprint density at radius 3 is 2.21 bits per heavy atom. The lowest BCUT2D eigenvalue weighted by molar-refractivity contribution is -0.137. The first kappa shape index (κ1) is 13.7. The van der Waals surface area contributed by atoms with E-state index in [0.717, 1.165) is 12.1 Å². The summed E-state index contributed by atoms with van der Waals surface area (Å²) in [5.41, 5.74) is 0.846. The van der Waals surface area contributed by atoms with Gasteiger partial charge in [0.1, 0.15) is 0 Å². The highest BCUT2D eigenvalue weighted by atomic mass is 35.5. The lowest BCUT2D eigenvalue weighted by atomic mass is 10.0. The molecule has 0 atom stereocenters. The van der Waals surface area contributed by atoms with E-state index in [-0.39, 0.29) is 5.02 Å². The van der Waals surface area contributed by atoms with E-state index in [4.69, 9.17) is 11.6 Å². The SMILES string of the molecule is CNc1c(Cl)cc(C(F)(F)F)cc1-c1ccccc1. The van der Waals surface area contributed by atoms with Gasteiger partial charge in [-0.15, -0.1) is 0 Å². The van der Waals surface area contributed by atoms with Crippen molar-refractivity contribution in [3.63, 3.8) is 0 Å². The van der Waals surface area contributed by atoms with Crippen LogP contribution in [0.3, 0.4) is 0 Å². The van der Waals surface area contributed by atoms with Crippen molar-refractivity contribution in [3.8, 4) is 11.1 Å². The van der Waals surface area contributed by atoms with Gasteiger partial charge in [0.05, 0.1) is 16.3 Å². The number of alkyl halides is 3. The molecule has 5 heteroatoms. The summed E-state index contributed by atoms with van der Waals surface area (Å²) in [6, 6.07) is 10.9. The van der Waals surface area contributed by atoms with Crippen LogP contribution in [0.25, 0.3) is 11.1 Å². The van der Waals surface area contributed by atoms with Crippen LogP contribution in [0.5, 0.6) is 0 Å². The van der Waals surface area contributed by atoms with Crippen LogP contribution in [0.1, 0.15) is 5.56 Å². The molecule has 0 fully saturated rings. The summed E-state index contributed by atoms with van der Waals surface area (Å²) in [6.07, 6.45) is -4.42. The zero-order valence-electron chi connectivity index (χ0n) is 10.1. The normalized spacial score (nSPS) is 11.4. The molecule has 1 N–H and O–H groups in total. The minimum atomic E-state index is -4.42. The van der Waals surface area contributed by atoms with Gasteiger partial charge in [0.25, 0.3) is 0 Å². The van der Waals surface area contributed by atoms with Gasteiger partial charge in [-0.05, 0) is 17.7 Å². The fourth-order valence-electron chi connectivity index (χ4n) is 1.87. The van der Waals surface area contributed by atoms with Crippen LogP contribution >= 0.6 is 11.6 Å². The van der Waals surface area contributed by atoms with Gasteiger partial charge in [-0.2, -0.15) is 13.2 Å². The summed E-state index contributed by atoms with van der Waals surface area (Å²) in [5.74, 6) is 0. The average Bonchev–Trinajstić information content (AvgIpc) is 2.37. The number of halogens is 4. The summed E-state index contributed by atoms with van der Waals surface area (Å²) in [5, 5.41) is 2.89. The standard InChI is InChI=1S/C14H11ClF3N/c1-19-13-11(9-5-3-2-4-6-9)7-10(8-12(13)15)14(16,17)18/h2-8,19H,1H3. The van der Waals surface area contributed by atoms with Crippen molar-refractivity contribution >= 4 is 17.3 Å². The highest BCUT2D eigenvalue weighted by Gasteiger charge is 2.32. The van der Waals surface area contributed by atoms with Crippen molar-refractivity contribution in [2.24, 2.45) is 0 Å². The third-order valence-electron chi connectivity index (χ3n) is 2.75. The molecular weight excluding hydrogens is 275 g/mol. The summed E-state index contributed by atoms with van der Waals surface area (Å²) in [7, 11) is 1.63. The Balaban J connectivity index is 2.67. The molecule has 0 amide bonds. The Bertz CT molecular complexity index is 579. The van der Waals surface area contributed by atoms with Crippen LogP contribution in [0.15, 0.2) is 42.5 Å². The molecule has 0 spiro atoms. The Morgan fingerprint density at radius 1 is 1.05 bits per heavy atom. The fourth-order valence-corrected chi connectivity index (χ4v) is 2.18. The molecule has 0 aliphatic heterocycles. The maximum atomic E-state index is 12.8. The van der Waals surface area contributed by atoms with Gasteiger partial charge in [0, 0.05) is 12.6 Å². The second kappa shape index (κ2) is 5.13. The first-order valence-corrected chi connectivity index (χ1v) is 5.95. The summed E-state index contributed by atoms with van der Waals surface area (Å²) in [6.45, 7) is 0. The van der Waals surface area contributed by atoms with E-state index in [9.17, 15) is 13.2 Å². The molecule has 19 heavy (non-hydrogen) atoms. The Hall–Kier alpha value is -1.68. The third-order valence-corrected chi connectivity index (χ3v) is 3.05. The second-order valence-electron chi connectivity index (χ2n) is 3.99. The van der Waals surface area contributed by atoms with E-state index >= 15 is 0 Å². The second-order valence-corrected chi connectivity index (χ2v) is 4.40. The predicted molar refractivity (Wildman–Crippen MR) is 71.4 cm³/mol. The lowest BCUT2D eigenvalue weighted by Gasteiger charge is -2.15. The number of hydrogen-bond donors (Lipinski definition) is 1. The first-order valence-electron chi connectivity index (χ1n) is 5.57. The minimum Gasteiger partial charge on any atom is -0.386 e. The molecule has 0 heterocycles. The molecule has 0 unspecified atom stereocenters. The number of anilines is 1. The molecule has 1 nitrogen and oxygen atoms in total. The molecule has 0 saturated carbocycles. The molecule has 0 aliphatic carbocycles. The monoisotopic (exact) mass is 285 g/mol. The molecule has 2 aromatic carbocycles. The largest absolute Gasteiger partial charge is 0.416 e. The van der Waals surface area contributed by atoms with E-state index in [1.807, 2.05) is 0 Å². The summed E-state index contributed by atoms with van der Waals surface area (Å²) >= 11 is 5.93. The average molecular weight is 286 g/mol. The molecule has 0 saturated heterocycles. The molecular formula is C14H11ClF3N. The van der Waals surface area contributed by atoms with E-state index in [2.05, 4.69) is 5.32 Å². The number of hydrogen-bond acceptors (Lipinski definition) is 1.